The molecule has 0 fully saturated rings. The molecule has 0 spiro atoms. The van der Waals surface area contributed by atoms with E-state index in [-0.39, 0.29) is 0 Å². The van der Waals surface area contributed by atoms with E-state index in [4.69, 9.17) is 4.74 Å². The Labute approximate surface area is 148 Å². The fourth-order valence-corrected chi connectivity index (χ4v) is 2.26. The second-order valence-corrected chi connectivity index (χ2v) is 7.10. The predicted octanol–water partition coefficient (Wildman–Crippen LogP) is 2.14. The molecule has 1 unspecified atom stereocenters. The van der Waals surface area contributed by atoms with Gasteiger partial charge in [0.05, 0.1) is 24.4 Å². The van der Waals surface area contributed by atoms with Crippen molar-refractivity contribution in [2.24, 2.45) is 0 Å². The molecule has 25 heavy (non-hydrogen) atoms. The summed E-state index contributed by atoms with van der Waals surface area (Å²) in [5.74, 6) is 0. The number of amides is 1. The zero-order valence-corrected chi connectivity index (χ0v) is 15.1. The first-order chi connectivity index (χ1) is 11.7. The van der Waals surface area contributed by atoms with Crippen LogP contribution in [-0.2, 0) is 17.7 Å². The molecule has 0 radical (unpaired) electrons. The van der Waals surface area contributed by atoms with E-state index in [9.17, 15) is 9.90 Å². The molecule has 136 valence electrons. The lowest BCUT2D eigenvalue weighted by molar-refractivity contribution is 0.0436. The van der Waals surface area contributed by atoms with Gasteiger partial charge in [-0.1, -0.05) is 35.5 Å². The molecule has 7 heteroatoms. The van der Waals surface area contributed by atoms with E-state index in [1.54, 1.807) is 38.6 Å². The summed E-state index contributed by atoms with van der Waals surface area (Å²) in [7, 11) is 0. The molecule has 0 aliphatic carbocycles. The molecule has 0 saturated heterocycles. The Kier molecular flexibility index (Phi) is 6.14. The molecule has 7 nitrogen and oxygen atoms in total. The van der Waals surface area contributed by atoms with Gasteiger partial charge < -0.3 is 15.2 Å². The SMILES string of the molecule is C[C@H](NC(=O)OC(C)(C)C)C(O)Cc1cn(Cc2ccccc2)nn1. The average Bonchev–Trinajstić information content (AvgIpc) is 2.93. The van der Waals surface area contributed by atoms with E-state index < -0.39 is 23.8 Å². The number of rotatable bonds is 6. The van der Waals surface area contributed by atoms with E-state index in [2.05, 4.69) is 15.6 Å². The Bertz CT molecular complexity index is 679. The molecular formula is C18H26N4O3. The Balaban J connectivity index is 1.86. The first-order valence-corrected chi connectivity index (χ1v) is 8.33. The molecule has 1 aromatic carbocycles. The predicted molar refractivity (Wildman–Crippen MR) is 94.1 cm³/mol. The molecule has 0 bridgehead atoms. The van der Waals surface area contributed by atoms with Crippen LogP contribution in [0.4, 0.5) is 4.79 Å². The number of aliphatic hydroxyl groups excluding tert-OH is 1. The third kappa shape index (κ3) is 6.54. The van der Waals surface area contributed by atoms with Crippen LogP contribution in [0.25, 0.3) is 0 Å². The maximum Gasteiger partial charge on any atom is 0.407 e. The largest absolute Gasteiger partial charge is 0.444 e. The van der Waals surface area contributed by atoms with Crippen LogP contribution in [0, 0.1) is 0 Å². The van der Waals surface area contributed by atoms with Crippen LogP contribution in [0.1, 0.15) is 39.0 Å². The first-order valence-electron chi connectivity index (χ1n) is 8.33. The van der Waals surface area contributed by atoms with Crippen molar-refractivity contribution in [1.82, 2.24) is 20.3 Å². The number of alkyl carbamates (subject to hydrolysis) is 1. The van der Waals surface area contributed by atoms with E-state index in [1.807, 2.05) is 30.3 Å². The van der Waals surface area contributed by atoms with Gasteiger partial charge in [0.25, 0.3) is 0 Å². The average molecular weight is 346 g/mol. The van der Waals surface area contributed by atoms with Crippen molar-refractivity contribution in [1.29, 1.82) is 0 Å². The minimum atomic E-state index is -0.783. The van der Waals surface area contributed by atoms with E-state index in [1.165, 1.54) is 0 Å². The van der Waals surface area contributed by atoms with Gasteiger partial charge >= 0.3 is 6.09 Å². The summed E-state index contributed by atoms with van der Waals surface area (Å²) >= 11 is 0. The van der Waals surface area contributed by atoms with E-state index >= 15 is 0 Å². The van der Waals surface area contributed by atoms with Crippen LogP contribution in [0.3, 0.4) is 0 Å². The maximum absolute atomic E-state index is 11.8. The van der Waals surface area contributed by atoms with Gasteiger partial charge in [-0.05, 0) is 33.3 Å². The van der Waals surface area contributed by atoms with Gasteiger partial charge in [0.1, 0.15) is 5.60 Å². The van der Waals surface area contributed by atoms with Crippen LogP contribution in [-0.4, -0.2) is 43.9 Å². The number of aromatic nitrogens is 3. The van der Waals surface area contributed by atoms with Crippen LogP contribution >= 0.6 is 0 Å². The fraction of sp³-hybridized carbons (Fsp3) is 0.500. The number of carbonyl (C=O) groups is 1. The van der Waals surface area contributed by atoms with Crippen LogP contribution in [0.15, 0.2) is 36.5 Å². The van der Waals surface area contributed by atoms with Crippen molar-refractivity contribution in [2.75, 3.05) is 0 Å². The molecule has 2 N–H and O–H groups in total. The zero-order chi connectivity index (χ0) is 18.4. The number of hydrogen-bond donors (Lipinski definition) is 2. The van der Waals surface area contributed by atoms with Gasteiger partial charge in [0.2, 0.25) is 0 Å². The lowest BCUT2D eigenvalue weighted by atomic mass is 10.1. The maximum atomic E-state index is 11.8. The molecule has 2 atom stereocenters. The number of nitrogens with zero attached hydrogens (tertiary/aromatic N) is 3. The fourth-order valence-electron chi connectivity index (χ4n) is 2.26. The monoisotopic (exact) mass is 346 g/mol. The Hall–Kier alpha value is -2.41. The summed E-state index contributed by atoms with van der Waals surface area (Å²) in [6, 6.07) is 9.48. The normalized spacial score (nSPS) is 14.0. The van der Waals surface area contributed by atoms with Gasteiger partial charge in [0, 0.05) is 12.6 Å². The highest BCUT2D eigenvalue weighted by molar-refractivity contribution is 5.68. The summed E-state index contributed by atoms with van der Waals surface area (Å²) in [5.41, 5.74) is 1.22. The van der Waals surface area contributed by atoms with Gasteiger partial charge in [-0.15, -0.1) is 5.10 Å². The number of hydrogen-bond acceptors (Lipinski definition) is 5. The quantitative estimate of drug-likeness (QED) is 0.836. The summed E-state index contributed by atoms with van der Waals surface area (Å²) < 4.78 is 6.91. The molecule has 0 saturated carbocycles. The van der Waals surface area contributed by atoms with Gasteiger partial charge in [-0.25, -0.2) is 9.48 Å². The number of ether oxygens (including phenoxy) is 1. The molecular weight excluding hydrogens is 320 g/mol. The molecule has 2 rings (SSSR count). The Morgan fingerprint density at radius 3 is 2.64 bits per heavy atom. The number of aliphatic hydroxyl groups is 1. The Morgan fingerprint density at radius 2 is 2.00 bits per heavy atom. The molecule has 1 amide bonds. The highest BCUT2D eigenvalue weighted by Crippen LogP contribution is 2.09. The van der Waals surface area contributed by atoms with E-state index in [0.717, 1.165) is 5.56 Å². The van der Waals surface area contributed by atoms with Crippen LogP contribution < -0.4 is 5.32 Å². The van der Waals surface area contributed by atoms with Crippen molar-refractivity contribution in [2.45, 2.75) is 58.4 Å². The molecule has 0 aliphatic rings. The van der Waals surface area contributed by atoms with Crippen molar-refractivity contribution in [3.05, 3.63) is 47.8 Å². The number of nitrogens with one attached hydrogen (secondary N) is 1. The Morgan fingerprint density at radius 1 is 1.32 bits per heavy atom. The number of carbonyl (C=O) groups excluding carboxylic acids is 1. The summed E-state index contributed by atoms with van der Waals surface area (Å²) in [4.78, 5) is 11.8. The summed E-state index contributed by atoms with van der Waals surface area (Å²) in [5, 5.41) is 21.1. The minimum Gasteiger partial charge on any atom is -0.444 e. The van der Waals surface area contributed by atoms with Crippen LogP contribution in [0.5, 0.6) is 0 Å². The molecule has 2 aromatic rings. The second kappa shape index (κ2) is 8.11. The number of benzene rings is 1. The van der Waals surface area contributed by atoms with Crippen LogP contribution in [0.2, 0.25) is 0 Å². The topological polar surface area (TPSA) is 89.3 Å². The van der Waals surface area contributed by atoms with Gasteiger partial charge in [-0.3, -0.25) is 0 Å². The van der Waals surface area contributed by atoms with Crippen molar-refractivity contribution in [3.63, 3.8) is 0 Å². The third-order valence-electron chi connectivity index (χ3n) is 3.51. The van der Waals surface area contributed by atoms with Gasteiger partial charge in [0.15, 0.2) is 0 Å². The first kappa shape index (κ1) is 18.9. The third-order valence-corrected chi connectivity index (χ3v) is 3.51. The second-order valence-electron chi connectivity index (χ2n) is 7.10. The summed E-state index contributed by atoms with van der Waals surface area (Å²) in [6.45, 7) is 7.72. The van der Waals surface area contributed by atoms with Crippen molar-refractivity contribution in [3.8, 4) is 0 Å². The molecule has 0 aliphatic heterocycles. The smallest absolute Gasteiger partial charge is 0.407 e. The van der Waals surface area contributed by atoms with Gasteiger partial charge in [-0.2, -0.15) is 0 Å². The van der Waals surface area contributed by atoms with Crippen molar-refractivity contribution >= 4 is 6.09 Å². The lowest BCUT2D eigenvalue weighted by Gasteiger charge is -2.24. The summed E-state index contributed by atoms with van der Waals surface area (Å²) in [6.07, 6.45) is 0.767. The van der Waals surface area contributed by atoms with E-state index in [0.29, 0.717) is 18.7 Å². The molecule has 1 heterocycles. The molecule has 1 aromatic heterocycles. The zero-order valence-electron chi connectivity index (χ0n) is 15.1. The van der Waals surface area contributed by atoms with Crippen molar-refractivity contribution < 1.29 is 14.6 Å². The highest BCUT2D eigenvalue weighted by Gasteiger charge is 2.22. The standard InChI is InChI=1S/C18H26N4O3/c1-13(19-17(24)25-18(2,3)4)16(23)10-15-12-22(21-20-15)11-14-8-6-5-7-9-14/h5-9,12-13,16,23H,10-11H2,1-4H3,(H,19,24)/t13-,16?/m0/s1. The minimum absolute atomic E-state index is 0.297. The highest BCUT2D eigenvalue weighted by atomic mass is 16.6. The lowest BCUT2D eigenvalue weighted by Crippen LogP contribution is -2.44.